The monoisotopic (exact) mass is 377 g/mol. The van der Waals surface area contributed by atoms with E-state index >= 15 is 0 Å². The summed E-state index contributed by atoms with van der Waals surface area (Å²) >= 11 is 0. The Labute approximate surface area is 165 Å². The lowest BCUT2D eigenvalue weighted by Gasteiger charge is -2.36. The Morgan fingerprint density at radius 2 is 1.93 bits per heavy atom. The third kappa shape index (κ3) is 3.73. The van der Waals surface area contributed by atoms with Gasteiger partial charge < -0.3 is 14.8 Å². The summed E-state index contributed by atoms with van der Waals surface area (Å²) in [6.07, 6.45) is 5.86. The molecule has 6 nitrogen and oxygen atoms in total. The third-order valence-electron chi connectivity index (χ3n) is 5.70. The molecule has 1 N–H and O–H groups in total. The van der Waals surface area contributed by atoms with Crippen molar-refractivity contribution < 1.29 is 4.79 Å². The molecule has 0 bridgehead atoms. The van der Waals surface area contributed by atoms with Gasteiger partial charge in [-0.1, -0.05) is 25.1 Å². The van der Waals surface area contributed by atoms with Crippen molar-refractivity contribution in [1.82, 2.24) is 24.6 Å². The maximum Gasteiger partial charge on any atom is 0.270 e. The number of likely N-dealkylation sites (tertiary alicyclic amines) is 1. The number of hydrogen-bond acceptors (Lipinski definition) is 3. The van der Waals surface area contributed by atoms with Crippen LogP contribution in [-0.2, 0) is 0 Å². The first-order valence-corrected chi connectivity index (χ1v) is 9.94. The molecule has 2 aromatic heterocycles. The zero-order valence-corrected chi connectivity index (χ0v) is 16.5. The fourth-order valence-corrected chi connectivity index (χ4v) is 3.85. The lowest BCUT2D eigenvalue weighted by atomic mass is 10.0. The summed E-state index contributed by atoms with van der Waals surface area (Å²) < 4.78 is 1.84. The van der Waals surface area contributed by atoms with Crippen LogP contribution in [0.1, 0.15) is 30.3 Å². The van der Waals surface area contributed by atoms with Crippen molar-refractivity contribution in [1.29, 1.82) is 0 Å². The Kier molecular flexibility index (Phi) is 5.30. The molecule has 146 valence electrons. The van der Waals surface area contributed by atoms with Crippen LogP contribution in [0.15, 0.2) is 54.9 Å². The van der Waals surface area contributed by atoms with Crippen LogP contribution >= 0.6 is 0 Å². The lowest BCUT2D eigenvalue weighted by molar-refractivity contribution is 0.0642. The molecule has 4 rings (SSSR count). The van der Waals surface area contributed by atoms with Gasteiger partial charge in [-0.2, -0.15) is 5.10 Å². The number of carbonyl (C=O) groups is 1. The van der Waals surface area contributed by atoms with Crippen LogP contribution in [0.25, 0.3) is 16.9 Å². The average Bonchev–Trinajstić information content (AvgIpc) is 3.43. The summed E-state index contributed by atoms with van der Waals surface area (Å²) in [7, 11) is 1.92. The Morgan fingerprint density at radius 1 is 1.18 bits per heavy atom. The van der Waals surface area contributed by atoms with E-state index in [0.717, 1.165) is 49.4 Å². The van der Waals surface area contributed by atoms with Gasteiger partial charge in [0.15, 0.2) is 0 Å². The SMILES string of the molecule is CCN1CCC(N(C)C(=O)c2ccc(-c3cnn(-c4ccccc4)c3)[nH]2)CC1. The van der Waals surface area contributed by atoms with Crippen molar-refractivity contribution in [3.05, 3.63) is 60.6 Å². The molecule has 3 aromatic rings. The number of rotatable bonds is 5. The van der Waals surface area contributed by atoms with Crippen molar-refractivity contribution in [3.8, 4) is 16.9 Å². The standard InChI is InChI=1S/C22H27N5O/c1-3-26-13-11-18(12-14-26)25(2)22(28)21-10-9-20(24-21)17-15-23-27(16-17)19-7-5-4-6-8-19/h4-10,15-16,18,24H,3,11-14H2,1-2H3. The van der Waals surface area contributed by atoms with Crippen LogP contribution in [0.4, 0.5) is 0 Å². The number of amides is 1. The first kappa shape index (κ1) is 18.5. The highest BCUT2D eigenvalue weighted by atomic mass is 16.2. The Balaban J connectivity index is 1.45. The zero-order chi connectivity index (χ0) is 19.5. The maximum absolute atomic E-state index is 12.9. The maximum atomic E-state index is 12.9. The van der Waals surface area contributed by atoms with Crippen molar-refractivity contribution in [2.75, 3.05) is 26.7 Å². The minimum absolute atomic E-state index is 0.0525. The molecule has 0 saturated carbocycles. The smallest absolute Gasteiger partial charge is 0.270 e. The van der Waals surface area contributed by atoms with Crippen LogP contribution in [0, 0.1) is 0 Å². The van der Waals surface area contributed by atoms with Crippen LogP contribution in [0.5, 0.6) is 0 Å². The van der Waals surface area contributed by atoms with Gasteiger partial charge in [0.2, 0.25) is 0 Å². The molecular weight excluding hydrogens is 350 g/mol. The molecule has 1 saturated heterocycles. The fraction of sp³-hybridized carbons (Fsp3) is 0.364. The molecule has 0 aliphatic carbocycles. The van der Waals surface area contributed by atoms with Gasteiger partial charge in [-0.25, -0.2) is 4.68 Å². The Morgan fingerprint density at radius 3 is 2.64 bits per heavy atom. The number of nitrogens with zero attached hydrogens (tertiary/aromatic N) is 4. The van der Waals surface area contributed by atoms with Gasteiger partial charge in [0, 0.05) is 43.6 Å². The molecular formula is C22H27N5O. The molecule has 3 heterocycles. The highest BCUT2D eigenvalue weighted by Gasteiger charge is 2.26. The van der Waals surface area contributed by atoms with E-state index in [4.69, 9.17) is 0 Å². The summed E-state index contributed by atoms with van der Waals surface area (Å²) in [6, 6.07) is 14.1. The number of piperidine rings is 1. The molecule has 1 aromatic carbocycles. The lowest BCUT2D eigenvalue weighted by Crippen LogP contribution is -2.45. The largest absolute Gasteiger partial charge is 0.350 e. The van der Waals surface area contributed by atoms with Gasteiger partial charge in [-0.3, -0.25) is 4.79 Å². The van der Waals surface area contributed by atoms with Crippen LogP contribution < -0.4 is 0 Å². The Hall–Kier alpha value is -2.86. The first-order valence-electron chi connectivity index (χ1n) is 9.94. The van der Waals surface area contributed by atoms with Gasteiger partial charge in [-0.15, -0.1) is 0 Å². The highest BCUT2D eigenvalue weighted by Crippen LogP contribution is 2.22. The summed E-state index contributed by atoms with van der Waals surface area (Å²) in [5.74, 6) is 0.0525. The molecule has 1 amide bonds. The summed E-state index contributed by atoms with van der Waals surface area (Å²) in [5.41, 5.74) is 3.50. The number of benzene rings is 1. The number of nitrogens with one attached hydrogen (secondary N) is 1. The molecule has 1 fully saturated rings. The second-order valence-corrected chi connectivity index (χ2v) is 7.38. The van der Waals surface area contributed by atoms with Crippen molar-refractivity contribution in [2.24, 2.45) is 0 Å². The van der Waals surface area contributed by atoms with E-state index in [2.05, 4.69) is 21.9 Å². The summed E-state index contributed by atoms with van der Waals surface area (Å²) in [4.78, 5) is 20.5. The van der Waals surface area contributed by atoms with Gasteiger partial charge in [0.25, 0.3) is 5.91 Å². The second kappa shape index (κ2) is 8.02. The molecule has 0 spiro atoms. The predicted octanol–water partition coefficient (Wildman–Crippen LogP) is 3.42. The molecule has 1 aliphatic heterocycles. The number of aromatic amines is 1. The molecule has 0 unspecified atom stereocenters. The van der Waals surface area contributed by atoms with E-state index in [1.165, 1.54) is 0 Å². The van der Waals surface area contributed by atoms with Crippen molar-refractivity contribution >= 4 is 5.91 Å². The number of aromatic nitrogens is 3. The third-order valence-corrected chi connectivity index (χ3v) is 5.70. The highest BCUT2D eigenvalue weighted by molar-refractivity contribution is 5.93. The average molecular weight is 377 g/mol. The molecule has 1 aliphatic rings. The van der Waals surface area contributed by atoms with Gasteiger partial charge in [-0.05, 0) is 43.7 Å². The van der Waals surface area contributed by atoms with E-state index in [1.807, 2.05) is 71.5 Å². The first-order chi connectivity index (χ1) is 13.7. The molecule has 0 atom stereocenters. The summed E-state index contributed by atoms with van der Waals surface area (Å²) in [6.45, 7) is 5.40. The van der Waals surface area contributed by atoms with Gasteiger partial charge in [0.05, 0.1) is 11.9 Å². The molecule has 0 radical (unpaired) electrons. The predicted molar refractivity (Wildman–Crippen MR) is 111 cm³/mol. The molecule has 6 heteroatoms. The van der Waals surface area contributed by atoms with E-state index in [-0.39, 0.29) is 5.91 Å². The normalized spacial score (nSPS) is 15.6. The van der Waals surface area contributed by atoms with Gasteiger partial charge in [0.1, 0.15) is 5.69 Å². The quantitative estimate of drug-likeness (QED) is 0.741. The van der Waals surface area contributed by atoms with E-state index in [0.29, 0.717) is 11.7 Å². The zero-order valence-electron chi connectivity index (χ0n) is 16.5. The number of H-pyrrole nitrogens is 1. The minimum Gasteiger partial charge on any atom is -0.350 e. The number of carbonyl (C=O) groups excluding carboxylic acids is 1. The number of para-hydroxylation sites is 1. The Bertz CT molecular complexity index is 921. The second-order valence-electron chi connectivity index (χ2n) is 7.38. The minimum atomic E-state index is 0.0525. The van der Waals surface area contributed by atoms with E-state index in [9.17, 15) is 4.79 Å². The van der Waals surface area contributed by atoms with Crippen molar-refractivity contribution in [3.63, 3.8) is 0 Å². The van der Waals surface area contributed by atoms with E-state index in [1.54, 1.807) is 0 Å². The fourth-order valence-electron chi connectivity index (χ4n) is 3.85. The number of hydrogen-bond donors (Lipinski definition) is 1. The summed E-state index contributed by atoms with van der Waals surface area (Å²) in [5, 5.41) is 4.44. The van der Waals surface area contributed by atoms with E-state index < -0.39 is 0 Å². The van der Waals surface area contributed by atoms with Crippen molar-refractivity contribution in [2.45, 2.75) is 25.8 Å². The van der Waals surface area contributed by atoms with Crippen LogP contribution in [0.3, 0.4) is 0 Å². The molecule has 28 heavy (non-hydrogen) atoms. The topological polar surface area (TPSA) is 57.2 Å². The van der Waals surface area contributed by atoms with Crippen LogP contribution in [0.2, 0.25) is 0 Å². The van der Waals surface area contributed by atoms with Gasteiger partial charge >= 0.3 is 0 Å². The van der Waals surface area contributed by atoms with Crippen LogP contribution in [-0.4, -0.2) is 63.2 Å².